The van der Waals surface area contributed by atoms with Gasteiger partial charge in [0.15, 0.2) is 12.3 Å². The normalized spacial score (nSPS) is 35.6. The Morgan fingerprint density at radius 3 is 3.12 bits per heavy atom. The van der Waals surface area contributed by atoms with Crippen LogP contribution in [0, 0.1) is 0 Å². The van der Waals surface area contributed by atoms with Crippen LogP contribution in [0.5, 0.6) is 6.01 Å². The summed E-state index contributed by atoms with van der Waals surface area (Å²) in [6.07, 6.45) is -1.24. The van der Waals surface area contributed by atoms with Gasteiger partial charge in [0.25, 0.3) is 5.56 Å². The Morgan fingerprint density at radius 2 is 2.38 bits per heavy atom. The molecule has 0 bridgehead atoms. The zero-order chi connectivity index (χ0) is 11.3. The molecule has 1 aromatic rings. The molecule has 2 aliphatic rings. The van der Waals surface area contributed by atoms with Crippen LogP contribution in [-0.4, -0.2) is 44.7 Å². The van der Waals surface area contributed by atoms with E-state index >= 15 is 0 Å². The van der Waals surface area contributed by atoms with Gasteiger partial charge in [0.05, 0.1) is 6.61 Å². The molecule has 0 amide bonds. The van der Waals surface area contributed by atoms with E-state index in [0.717, 1.165) is 0 Å². The molecular weight excluding hydrogens is 216 g/mol. The predicted octanol–water partition coefficient (Wildman–Crippen LogP) is -1.75. The molecule has 7 nitrogen and oxygen atoms in total. The number of hydrogen-bond acceptors (Lipinski definition) is 6. The van der Waals surface area contributed by atoms with E-state index in [9.17, 15) is 9.90 Å². The Labute approximate surface area is 89.9 Å². The second-order valence-electron chi connectivity index (χ2n) is 3.78. The van der Waals surface area contributed by atoms with Gasteiger partial charge >= 0.3 is 6.01 Å². The van der Waals surface area contributed by atoms with Gasteiger partial charge in [-0.3, -0.25) is 9.36 Å². The van der Waals surface area contributed by atoms with Crippen molar-refractivity contribution in [3.8, 4) is 6.01 Å². The Morgan fingerprint density at radius 1 is 1.56 bits per heavy atom. The van der Waals surface area contributed by atoms with Crippen molar-refractivity contribution in [1.82, 2.24) is 9.55 Å². The molecule has 2 aliphatic heterocycles. The molecule has 2 N–H and O–H groups in total. The zero-order valence-corrected chi connectivity index (χ0v) is 8.18. The zero-order valence-electron chi connectivity index (χ0n) is 8.18. The quantitative estimate of drug-likeness (QED) is 0.590. The smallest absolute Gasteiger partial charge is 0.302 e. The molecule has 0 aliphatic carbocycles. The summed E-state index contributed by atoms with van der Waals surface area (Å²) < 4.78 is 12.3. The van der Waals surface area contributed by atoms with Gasteiger partial charge in [-0.05, 0) is 0 Å². The van der Waals surface area contributed by atoms with Gasteiger partial charge in [-0.1, -0.05) is 0 Å². The van der Waals surface area contributed by atoms with Crippen LogP contribution in [0.4, 0.5) is 0 Å². The number of fused-ring (bicyclic) bond motifs is 3. The summed E-state index contributed by atoms with van der Waals surface area (Å²) in [5, 5.41) is 18.7. The lowest BCUT2D eigenvalue weighted by molar-refractivity contribution is -0.0434. The molecular formula is C9H10N2O5. The molecule has 0 spiro atoms. The highest BCUT2D eigenvalue weighted by Crippen LogP contribution is 2.38. The molecule has 1 aromatic heterocycles. The molecule has 86 valence electrons. The topological polar surface area (TPSA) is 93.8 Å². The van der Waals surface area contributed by atoms with Crippen LogP contribution in [0.2, 0.25) is 0 Å². The maximum Gasteiger partial charge on any atom is 0.302 e. The summed E-state index contributed by atoms with van der Waals surface area (Å²) in [6.45, 7) is -0.277. The van der Waals surface area contributed by atoms with E-state index in [1.807, 2.05) is 0 Å². The van der Waals surface area contributed by atoms with Gasteiger partial charge in [-0.25, -0.2) is 0 Å². The molecule has 0 aromatic carbocycles. The average molecular weight is 226 g/mol. The number of ether oxygens (including phenoxy) is 2. The highest BCUT2D eigenvalue weighted by Gasteiger charge is 2.50. The summed E-state index contributed by atoms with van der Waals surface area (Å²) in [5.41, 5.74) is -0.403. The van der Waals surface area contributed by atoms with Crippen LogP contribution >= 0.6 is 0 Å². The first kappa shape index (κ1) is 9.76. The number of aliphatic hydroxyl groups is 2. The molecule has 0 saturated carbocycles. The predicted molar refractivity (Wildman–Crippen MR) is 49.9 cm³/mol. The van der Waals surface area contributed by atoms with Gasteiger partial charge in [-0.2, -0.15) is 4.98 Å². The molecule has 4 atom stereocenters. The van der Waals surface area contributed by atoms with Crippen molar-refractivity contribution in [3.05, 3.63) is 22.6 Å². The first-order chi connectivity index (χ1) is 7.70. The molecule has 1 unspecified atom stereocenters. The Bertz CT molecular complexity index is 473. The summed E-state index contributed by atoms with van der Waals surface area (Å²) >= 11 is 0. The van der Waals surface area contributed by atoms with Gasteiger partial charge in [0, 0.05) is 12.3 Å². The lowest BCUT2D eigenvalue weighted by atomic mass is 10.1. The number of hydrogen-bond donors (Lipinski definition) is 2. The summed E-state index contributed by atoms with van der Waals surface area (Å²) in [4.78, 5) is 14.7. The van der Waals surface area contributed by atoms with E-state index in [0.29, 0.717) is 0 Å². The fourth-order valence-electron chi connectivity index (χ4n) is 2.02. The average Bonchev–Trinajstić information content (AvgIpc) is 2.75. The van der Waals surface area contributed by atoms with Crippen LogP contribution in [0.1, 0.15) is 6.23 Å². The lowest BCUT2D eigenvalue weighted by Gasteiger charge is -2.13. The van der Waals surface area contributed by atoms with Gasteiger partial charge in [0.2, 0.25) is 0 Å². The maximum absolute atomic E-state index is 11.0. The van der Waals surface area contributed by atoms with E-state index in [2.05, 4.69) is 4.98 Å². The van der Waals surface area contributed by atoms with Gasteiger partial charge in [-0.15, -0.1) is 0 Å². The first-order valence-electron chi connectivity index (χ1n) is 4.91. The van der Waals surface area contributed by atoms with Crippen molar-refractivity contribution in [2.45, 2.75) is 24.5 Å². The minimum Gasteiger partial charge on any atom is -0.453 e. The second-order valence-corrected chi connectivity index (χ2v) is 3.78. The van der Waals surface area contributed by atoms with Crippen LogP contribution in [0.25, 0.3) is 0 Å². The maximum atomic E-state index is 11.0. The number of rotatable bonds is 1. The van der Waals surface area contributed by atoms with Crippen molar-refractivity contribution >= 4 is 0 Å². The number of aliphatic hydroxyl groups excluding tert-OH is 2. The summed E-state index contributed by atoms with van der Waals surface area (Å²) in [5.74, 6) is 0. The second kappa shape index (κ2) is 3.27. The third-order valence-corrected chi connectivity index (χ3v) is 2.81. The summed E-state index contributed by atoms with van der Waals surface area (Å²) in [6, 6.07) is 1.43. The fourth-order valence-corrected chi connectivity index (χ4v) is 2.02. The molecule has 1 fully saturated rings. The molecule has 3 heterocycles. The van der Waals surface area contributed by atoms with Crippen LogP contribution in [-0.2, 0) is 4.74 Å². The van der Waals surface area contributed by atoms with Crippen molar-refractivity contribution < 1.29 is 19.7 Å². The van der Waals surface area contributed by atoms with E-state index in [1.54, 1.807) is 0 Å². The minimum absolute atomic E-state index is 0.137. The van der Waals surface area contributed by atoms with E-state index in [1.165, 1.54) is 16.8 Å². The van der Waals surface area contributed by atoms with Crippen molar-refractivity contribution in [3.63, 3.8) is 0 Å². The van der Waals surface area contributed by atoms with Crippen LogP contribution in [0.15, 0.2) is 17.1 Å². The van der Waals surface area contributed by atoms with E-state index in [4.69, 9.17) is 14.6 Å². The molecule has 1 saturated heterocycles. The fraction of sp³-hybridized carbons (Fsp3) is 0.556. The largest absolute Gasteiger partial charge is 0.453 e. The minimum atomic E-state index is -0.924. The molecule has 3 rings (SSSR count). The molecule has 16 heavy (non-hydrogen) atoms. The Balaban J connectivity index is 1.99. The lowest BCUT2D eigenvalue weighted by Crippen LogP contribution is -2.34. The SMILES string of the molecule is O=c1ccn2c(n1)OC1[C@@H](O)[C@H](CO)O[C@@H]12. The first-order valence-corrected chi connectivity index (χ1v) is 4.91. The highest BCUT2D eigenvalue weighted by atomic mass is 16.6. The van der Waals surface area contributed by atoms with Crippen molar-refractivity contribution in [2.24, 2.45) is 0 Å². The Kier molecular flexibility index (Phi) is 2.00. The van der Waals surface area contributed by atoms with Crippen molar-refractivity contribution in [1.29, 1.82) is 0 Å². The molecule has 7 heteroatoms. The van der Waals surface area contributed by atoms with Crippen LogP contribution in [0.3, 0.4) is 0 Å². The third kappa shape index (κ3) is 1.19. The molecule has 0 radical (unpaired) electrons. The van der Waals surface area contributed by atoms with Gasteiger partial charge in [0.1, 0.15) is 12.2 Å². The van der Waals surface area contributed by atoms with E-state index < -0.39 is 30.1 Å². The van der Waals surface area contributed by atoms with Gasteiger partial charge < -0.3 is 19.7 Å². The van der Waals surface area contributed by atoms with Crippen LogP contribution < -0.4 is 10.3 Å². The summed E-state index contributed by atoms with van der Waals surface area (Å²) in [7, 11) is 0. The number of aromatic nitrogens is 2. The Hall–Kier alpha value is -1.44. The third-order valence-electron chi connectivity index (χ3n) is 2.81. The van der Waals surface area contributed by atoms with Crippen molar-refractivity contribution in [2.75, 3.05) is 6.61 Å². The highest BCUT2D eigenvalue weighted by molar-refractivity contribution is 5.10. The standard InChI is InChI=1S/C9H10N2O5/c12-3-4-6(14)7-8(15-4)11-2-1-5(13)10-9(11)16-7/h1-2,4,6-8,12,14H,3H2/t4-,6-,7?,8-/m0/s1. The monoisotopic (exact) mass is 226 g/mol. The number of nitrogens with zero attached hydrogens (tertiary/aromatic N) is 2. The van der Waals surface area contributed by atoms with E-state index in [-0.39, 0.29) is 12.6 Å².